The van der Waals surface area contributed by atoms with E-state index < -0.39 is 0 Å². The third kappa shape index (κ3) is 4.40. The van der Waals surface area contributed by atoms with Crippen molar-refractivity contribution in [1.29, 1.82) is 0 Å². The van der Waals surface area contributed by atoms with E-state index in [1.165, 1.54) is 0 Å². The zero-order valence-electron chi connectivity index (χ0n) is 18.7. The van der Waals surface area contributed by atoms with Gasteiger partial charge in [0.25, 0.3) is 11.5 Å². The number of carbonyl (C=O) groups excluding carboxylic acids is 1. The van der Waals surface area contributed by atoms with Gasteiger partial charge >= 0.3 is 0 Å². The number of carbonyl (C=O) groups is 1. The van der Waals surface area contributed by atoms with E-state index in [1.807, 2.05) is 69.6 Å². The van der Waals surface area contributed by atoms with E-state index in [1.54, 1.807) is 11.3 Å². The number of thiophene rings is 1. The highest BCUT2D eigenvalue weighted by Crippen LogP contribution is 2.27. The quantitative estimate of drug-likeness (QED) is 0.425. The van der Waals surface area contributed by atoms with Crippen molar-refractivity contribution in [1.82, 2.24) is 14.7 Å². The van der Waals surface area contributed by atoms with Crippen LogP contribution in [0.3, 0.4) is 0 Å². The lowest BCUT2D eigenvalue weighted by molar-refractivity contribution is 0.0487. The van der Waals surface area contributed by atoms with Gasteiger partial charge in [0.2, 0.25) is 0 Å². The molecule has 0 aromatic carbocycles. The lowest BCUT2D eigenvalue weighted by Gasteiger charge is -2.20. The second-order valence-electron chi connectivity index (χ2n) is 8.08. The van der Waals surface area contributed by atoms with Gasteiger partial charge in [0.05, 0.1) is 18.4 Å². The van der Waals surface area contributed by atoms with Gasteiger partial charge in [-0.2, -0.15) is 11.3 Å². The Balaban J connectivity index is 1.61. The number of rotatable bonds is 7. The van der Waals surface area contributed by atoms with Gasteiger partial charge in [-0.3, -0.25) is 9.59 Å². The van der Waals surface area contributed by atoms with Crippen molar-refractivity contribution in [2.45, 2.75) is 47.0 Å². The molecule has 0 aliphatic heterocycles. The Kier molecular flexibility index (Phi) is 6.30. The van der Waals surface area contributed by atoms with E-state index in [2.05, 4.69) is 20.1 Å². The molecule has 6 nitrogen and oxygen atoms in total. The number of hydrogen-bond acceptors (Lipinski definition) is 4. The molecule has 0 aliphatic carbocycles. The number of ether oxygens (including phenoxy) is 1. The van der Waals surface area contributed by atoms with Crippen LogP contribution < -0.4 is 10.9 Å². The van der Waals surface area contributed by atoms with Gasteiger partial charge in [0.15, 0.2) is 0 Å². The van der Waals surface area contributed by atoms with Crippen molar-refractivity contribution >= 4 is 22.8 Å². The molecule has 166 valence electrons. The van der Waals surface area contributed by atoms with Gasteiger partial charge in [-0.05, 0) is 85.5 Å². The highest BCUT2D eigenvalue weighted by Gasteiger charge is 2.20. The van der Waals surface area contributed by atoms with Gasteiger partial charge in [-0.1, -0.05) is 0 Å². The Morgan fingerprint density at radius 1 is 1.25 bits per heavy atom. The smallest absolute Gasteiger partial charge is 0.253 e. The summed E-state index contributed by atoms with van der Waals surface area (Å²) in [6, 6.07) is 9.77. The molecule has 4 aromatic heterocycles. The Morgan fingerprint density at radius 2 is 2.06 bits per heavy atom. The van der Waals surface area contributed by atoms with E-state index in [0.717, 1.165) is 33.6 Å². The maximum Gasteiger partial charge on any atom is 0.253 e. The van der Waals surface area contributed by atoms with Crippen LogP contribution in [0.1, 0.15) is 57.0 Å². The molecule has 0 fully saturated rings. The molecule has 4 aromatic rings. The molecule has 7 heteroatoms. The molecule has 1 unspecified atom stereocenters. The van der Waals surface area contributed by atoms with Crippen LogP contribution in [0.4, 0.5) is 0 Å². The summed E-state index contributed by atoms with van der Waals surface area (Å²) in [6.45, 7) is 8.36. The number of hydrogen-bond donors (Lipinski definition) is 2. The summed E-state index contributed by atoms with van der Waals surface area (Å²) in [7, 11) is 0. The number of pyridine rings is 2. The highest BCUT2D eigenvalue weighted by molar-refractivity contribution is 7.07. The van der Waals surface area contributed by atoms with Gasteiger partial charge in [0.1, 0.15) is 0 Å². The minimum Gasteiger partial charge on any atom is -0.368 e. The molecule has 4 heterocycles. The fraction of sp³-hybridized carbons (Fsp3) is 0.280. The molecule has 0 saturated heterocycles. The van der Waals surface area contributed by atoms with Crippen molar-refractivity contribution in [3.8, 4) is 0 Å². The Hall–Kier alpha value is -3.16. The van der Waals surface area contributed by atoms with E-state index in [9.17, 15) is 9.59 Å². The fourth-order valence-corrected chi connectivity index (χ4v) is 4.74. The van der Waals surface area contributed by atoms with Gasteiger partial charge in [-0.15, -0.1) is 0 Å². The number of aromatic amines is 1. The molecule has 0 spiro atoms. The van der Waals surface area contributed by atoms with Crippen molar-refractivity contribution in [3.63, 3.8) is 0 Å². The number of nitrogens with one attached hydrogen (secondary N) is 2. The average molecular weight is 450 g/mol. The molecule has 1 atom stereocenters. The van der Waals surface area contributed by atoms with Crippen LogP contribution in [-0.2, 0) is 17.9 Å². The van der Waals surface area contributed by atoms with Crippen LogP contribution in [0, 0.1) is 20.8 Å². The number of nitrogens with zero attached hydrogens (tertiary/aromatic N) is 1. The lowest BCUT2D eigenvalue weighted by Crippen LogP contribution is -2.29. The largest absolute Gasteiger partial charge is 0.368 e. The summed E-state index contributed by atoms with van der Waals surface area (Å²) in [4.78, 5) is 28.2. The molecule has 0 radical (unpaired) electrons. The van der Waals surface area contributed by atoms with E-state index in [0.29, 0.717) is 17.7 Å². The second-order valence-corrected chi connectivity index (χ2v) is 8.86. The first-order chi connectivity index (χ1) is 15.3. The molecule has 1 amide bonds. The average Bonchev–Trinajstić information content (AvgIpc) is 3.42. The predicted octanol–water partition coefficient (Wildman–Crippen LogP) is 4.82. The van der Waals surface area contributed by atoms with E-state index in [-0.39, 0.29) is 24.1 Å². The summed E-state index contributed by atoms with van der Waals surface area (Å²) in [5, 5.41) is 7.03. The minimum absolute atomic E-state index is 0.169. The molecule has 32 heavy (non-hydrogen) atoms. The third-order valence-corrected chi connectivity index (χ3v) is 6.48. The van der Waals surface area contributed by atoms with Gasteiger partial charge < -0.3 is 19.4 Å². The topological polar surface area (TPSA) is 75.6 Å². The summed E-state index contributed by atoms with van der Waals surface area (Å²) >= 11 is 1.64. The molecule has 4 rings (SSSR count). The van der Waals surface area contributed by atoms with Crippen molar-refractivity contribution in [3.05, 3.63) is 96.8 Å². The number of aromatic nitrogens is 2. The Morgan fingerprint density at radius 3 is 2.78 bits per heavy atom. The summed E-state index contributed by atoms with van der Waals surface area (Å²) < 4.78 is 8.21. The first-order valence-corrected chi connectivity index (χ1v) is 11.5. The van der Waals surface area contributed by atoms with Crippen LogP contribution in [0.5, 0.6) is 0 Å². The SMILES string of the molecule is Cc1cc(C)c(CNC(=O)c2cc3cccn3c(C(C)OCc3ccsc3)c2C)c(=O)[nH]1. The van der Waals surface area contributed by atoms with E-state index in [4.69, 9.17) is 4.74 Å². The first kappa shape index (κ1) is 22.0. The number of aryl methyl sites for hydroxylation is 2. The molecule has 0 aliphatic rings. The number of H-pyrrole nitrogens is 1. The molecular weight excluding hydrogens is 422 g/mol. The van der Waals surface area contributed by atoms with Crippen LogP contribution in [0.15, 0.2) is 52.1 Å². The highest BCUT2D eigenvalue weighted by atomic mass is 32.1. The number of amides is 1. The standard InChI is InChI=1S/C25H27N3O3S/c1-15-10-16(2)27-25(30)22(15)12-26-24(29)21-11-20-6-5-8-28(20)23(17(21)3)18(4)31-13-19-7-9-32-14-19/h5-11,14,18H,12-13H2,1-4H3,(H,26,29)(H,27,30). The van der Waals surface area contributed by atoms with Gasteiger partial charge in [-0.25, -0.2) is 0 Å². The fourth-order valence-electron chi connectivity index (χ4n) is 4.08. The Labute approximate surface area is 190 Å². The number of fused-ring (bicyclic) bond motifs is 1. The normalized spacial score (nSPS) is 12.2. The lowest BCUT2D eigenvalue weighted by atomic mass is 10.0. The third-order valence-electron chi connectivity index (χ3n) is 5.75. The van der Waals surface area contributed by atoms with Crippen LogP contribution in [0.2, 0.25) is 0 Å². The summed E-state index contributed by atoms with van der Waals surface area (Å²) in [5.41, 5.74) is 6.51. The maximum absolute atomic E-state index is 13.1. The van der Waals surface area contributed by atoms with E-state index >= 15 is 0 Å². The monoisotopic (exact) mass is 449 g/mol. The first-order valence-electron chi connectivity index (χ1n) is 10.6. The molecule has 0 bridgehead atoms. The zero-order chi connectivity index (χ0) is 22.8. The van der Waals surface area contributed by atoms with Crippen LogP contribution in [-0.4, -0.2) is 15.3 Å². The molecular formula is C25H27N3O3S. The van der Waals surface area contributed by atoms with Crippen molar-refractivity contribution in [2.24, 2.45) is 0 Å². The van der Waals surface area contributed by atoms with Crippen LogP contribution in [0.25, 0.3) is 5.52 Å². The van der Waals surface area contributed by atoms with Crippen molar-refractivity contribution < 1.29 is 9.53 Å². The Bertz CT molecular complexity index is 1320. The minimum atomic E-state index is -0.211. The molecule has 0 saturated carbocycles. The molecule has 2 N–H and O–H groups in total. The second kappa shape index (κ2) is 9.14. The van der Waals surface area contributed by atoms with Crippen LogP contribution >= 0.6 is 11.3 Å². The summed E-state index contributed by atoms with van der Waals surface area (Å²) in [5.74, 6) is -0.211. The van der Waals surface area contributed by atoms with Gasteiger partial charge in [0, 0.05) is 35.1 Å². The summed E-state index contributed by atoms with van der Waals surface area (Å²) in [6.07, 6.45) is 1.78. The predicted molar refractivity (Wildman–Crippen MR) is 127 cm³/mol. The zero-order valence-corrected chi connectivity index (χ0v) is 19.5. The van der Waals surface area contributed by atoms with Crippen molar-refractivity contribution in [2.75, 3.05) is 0 Å². The maximum atomic E-state index is 13.1.